The van der Waals surface area contributed by atoms with Gasteiger partial charge in [0.2, 0.25) is 5.91 Å². The lowest BCUT2D eigenvalue weighted by molar-refractivity contribution is -0.187. The lowest BCUT2D eigenvalue weighted by atomic mass is 10.0. The Kier molecular flexibility index (Phi) is 6.55. The fourth-order valence-electron chi connectivity index (χ4n) is 4.17. The van der Waals surface area contributed by atoms with E-state index < -0.39 is 15.8 Å². The first kappa shape index (κ1) is 22.8. The van der Waals surface area contributed by atoms with E-state index in [-0.39, 0.29) is 23.8 Å². The predicted octanol–water partition coefficient (Wildman–Crippen LogP) is 3.25. The van der Waals surface area contributed by atoms with E-state index in [1.807, 2.05) is 26.0 Å². The molecule has 0 saturated carbocycles. The first-order chi connectivity index (χ1) is 15.3. The van der Waals surface area contributed by atoms with Gasteiger partial charge in [0, 0.05) is 38.9 Å². The van der Waals surface area contributed by atoms with Crippen LogP contribution in [0.5, 0.6) is 0 Å². The molecule has 4 rings (SSSR count). The van der Waals surface area contributed by atoms with Crippen molar-refractivity contribution in [2.24, 2.45) is 0 Å². The quantitative estimate of drug-likeness (QED) is 0.664. The van der Waals surface area contributed by atoms with Crippen LogP contribution >= 0.6 is 0 Å². The zero-order valence-corrected chi connectivity index (χ0v) is 19.4. The van der Waals surface area contributed by atoms with Gasteiger partial charge in [0.15, 0.2) is 5.79 Å². The van der Waals surface area contributed by atoms with Crippen molar-refractivity contribution in [3.63, 3.8) is 0 Å². The predicted molar refractivity (Wildman–Crippen MR) is 122 cm³/mol. The summed E-state index contributed by atoms with van der Waals surface area (Å²) in [6.45, 7) is 6.23. The van der Waals surface area contributed by atoms with E-state index in [4.69, 9.17) is 9.47 Å². The standard InChI is InChI=1S/C24H30N2O5S/c1-19-3-7-21(8-4-19)26(32(28,29)22-9-5-20(2)6-10-22)14-11-23(27)25-15-12-24(13-16-25)30-17-18-31-24/h3-10H,11-18H2,1-2H3. The van der Waals surface area contributed by atoms with Crippen LogP contribution in [-0.4, -0.2) is 57.9 Å². The Morgan fingerprint density at radius 2 is 1.47 bits per heavy atom. The number of likely N-dealkylation sites (tertiary alicyclic amines) is 1. The maximum Gasteiger partial charge on any atom is 0.264 e. The number of rotatable bonds is 6. The number of benzene rings is 2. The zero-order valence-electron chi connectivity index (χ0n) is 18.6. The number of ether oxygens (including phenoxy) is 2. The molecule has 0 unspecified atom stereocenters. The minimum Gasteiger partial charge on any atom is -0.347 e. The molecular formula is C24H30N2O5S. The number of amides is 1. The van der Waals surface area contributed by atoms with Gasteiger partial charge in [-0.3, -0.25) is 9.10 Å². The molecule has 0 bridgehead atoms. The number of hydrogen-bond acceptors (Lipinski definition) is 5. The van der Waals surface area contributed by atoms with Gasteiger partial charge in [-0.1, -0.05) is 35.4 Å². The molecule has 2 aliphatic rings. The highest BCUT2D eigenvalue weighted by molar-refractivity contribution is 7.92. The SMILES string of the molecule is Cc1ccc(N(CCC(=O)N2CCC3(CC2)OCCO3)S(=O)(=O)c2ccc(C)cc2)cc1. The number of carbonyl (C=O) groups excluding carboxylic acids is 1. The van der Waals surface area contributed by atoms with Gasteiger partial charge in [0.25, 0.3) is 10.0 Å². The summed E-state index contributed by atoms with van der Waals surface area (Å²) in [5, 5.41) is 0. The highest BCUT2D eigenvalue weighted by Crippen LogP contribution is 2.31. The molecule has 2 fully saturated rings. The molecule has 2 saturated heterocycles. The monoisotopic (exact) mass is 458 g/mol. The lowest BCUT2D eigenvalue weighted by Gasteiger charge is -2.37. The molecule has 0 N–H and O–H groups in total. The van der Waals surface area contributed by atoms with Crippen molar-refractivity contribution in [3.8, 4) is 0 Å². The second-order valence-electron chi connectivity index (χ2n) is 8.46. The van der Waals surface area contributed by atoms with Gasteiger partial charge >= 0.3 is 0 Å². The van der Waals surface area contributed by atoms with E-state index >= 15 is 0 Å². The number of sulfonamides is 1. The van der Waals surface area contributed by atoms with E-state index in [1.54, 1.807) is 41.3 Å². The van der Waals surface area contributed by atoms with E-state index in [0.717, 1.165) is 11.1 Å². The van der Waals surface area contributed by atoms with Crippen LogP contribution in [-0.2, 0) is 24.3 Å². The van der Waals surface area contributed by atoms with Gasteiger partial charge in [-0.15, -0.1) is 0 Å². The van der Waals surface area contributed by atoms with Gasteiger partial charge in [-0.2, -0.15) is 0 Å². The molecule has 0 aliphatic carbocycles. The summed E-state index contributed by atoms with van der Waals surface area (Å²) >= 11 is 0. The first-order valence-corrected chi connectivity index (χ1v) is 12.4. The smallest absolute Gasteiger partial charge is 0.264 e. The van der Waals surface area contributed by atoms with Crippen molar-refractivity contribution in [1.82, 2.24) is 4.90 Å². The molecule has 2 aromatic rings. The van der Waals surface area contributed by atoms with E-state index in [9.17, 15) is 13.2 Å². The highest BCUT2D eigenvalue weighted by atomic mass is 32.2. The Balaban J connectivity index is 1.49. The minimum absolute atomic E-state index is 0.0611. The van der Waals surface area contributed by atoms with Crippen molar-refractivity contribution < 1.29 is 22.7 Å². The summed E-state index contributed by atoms with van der Waals surface area (Å²) in [7, 11) is -3.81. The van der Waals surface area contributed by atoms with Crippen LogP contribution in [0.4, 0.5) is 5.69 Å². The summed E-state index contributed by atoms with van der Waals surface area (Å²) in [4.78, 5) is 14.9. The fourth-order valence-corrected chi connectivity index (χ4v) is 5.64. The van der Waals surface area contributed by atoms with Gasteiger partial charge in [-0.05, 0) is 38.1 Å². The normalized spacial score (nSPS) is 18.1. The Labute approximate surface area is 190 Å². The Morgan fingerprint density at radius 1 is 0.938 bits per heavy atom. The second-order valence-corrected chi connectivity index (χ2v) is 10.3. The third-order valence-corrected chi connectivity index (χ3v) is 7.99. The molecule has 2 heterocycles. The van der Waals surface area contributed by atoms with Gasteiger partial charge < -0.3 is 14.4 Å². The molecule has 0 radical (unpaired) electrons. The van der Waals surface area contributed by atoms with Crippen LogP contribution in [0.25, 0.3) is 0 Å². The third-order valence-electron chi connectivity index (χ3n) is 6.15. The van der Waals surface area contributed by atoms with Gasteiger partial charge in [0.05, 0.1) is 23.8 Å². The molecular weight excluding hydrogens is 428 g/mol. The number of hydrogen-bond donors (Lipinski definition) is 0. The average molecular weight is 459 g/mol. The summed E-state index contributed by atoms with van der Waals surface area (Å²) in [6, 6.07) is 14.1. The Hall–Kier alpha value is -2.42. The maximum atomic E-state index is 13.5. The largest absolute Gasteiger partial charge is 0.347 e. The van der Waals surface area contributed by atoms with Crippen molar-refractivity contribution in [2.75, 3.05) is 37.2 Å². The number of nitrogens with zero attached hydrogens (tertiary/aromatic N) is 2. The summed E-state index contributed by atoms with van der Waals surface area (Å²) in [5.41, 5.74) is 2.57. The lowest BCUT2D eigenvalue weighted by Crippen LogP contribution is -2.48. The fraction of sp³-hybridized carbons (Fsp3) is 0.458. The first-order valence-electron chi connectivity index (χ1n) is 11.0. The van der Waals surface area contributed by atoms with E-state index in [1.165, 1.54) is 4.31 Å². The van der Waals surface area contributed by atoms with Crippen molar-refractivity contribution in [3.05, 3.63) is 59.7 Å². The van der Waals surface area contributed by atoms with Gasteiger partial charge in [-0.25, -0.2) is 8.42 Å². The zero-order chi connectivity index (χ0) is 22.8. The molecule has 2 aromatic carbocycles. The van der Waals surface area contributed by atoms with Crippen molar-refractivity contribution in [1.29, 1.82) is 0 Å². The molecule has 32 heavy (non-hydrogen) atoms. The highest BCUT2D eigenvalue weighted by Gasteiger charge is 2.40. The number of carbonyl (C=O) groups is 1. The Bertz CT molecular complexity index is 1030. The van der Waals surface area contributed by atoms with Crippen molar-refractivity contribution >= 4 is 21.6 Å². The molecule has 1 amide bonds. The van der Waals surface area contributed by atoms with Crippen LogP contribution in [0.3, 0.4) is 0 Å². The van der Waals surface area contributed by atoms with Crippen LogP contribution in [0.15, 0.2) is 53.4 Å². The summed E-state index contributed by atoms with van der Waals surface area (Å²) < 4.78 is 39.7. The molecule has 1 spiro atoms. The Morgan fingerprint density at radius 3 is 2.03 bits per heavy atom. The summed E-state index contributed by atoms with van der Waals surface area (Å²) in [5.74, 6) is -0.603. The van der Waals surface area contributed by atoms with Crippen LogP contribution in [0, 0.1) is 13.8 Å². The molecule has 2 aliphatic heterocycles. The molecule has 172 valence electrons. The van der Waals surface area contributed by atoms with Crippen molar-refractivity contribution in [2.45, 2.75) is 43.8 Å². The van der Waals surface area contributed by atoms with E-state index in [2.05, 4.69) is 0 Å². The topological polar surface area (TPSA) is 76.2 Å². The number of anilines is 1. The number of aryl methyl sites for hydroxylation is 2. The third kappa shape index (κ3) is 4.82. The maximum absolute atomic E-state index is 13.5. The van der Waals surface area contributed by atoms with Crippen LogP contribution in [0.2, 0.25) is 0 Å². The average Bonchev–Trinajstić information content (AvgIpc) is 3.23. The molecule has 0 atom stereocenters. The second kappa shape index (κ2) is 9.21. The van der Waals surface area contributed by atoms with Gasteiger partial charge in [0.1, 0.15) is 0 Å². The minimum atomic E-state index is -3.81. The number of piperidine rings is 1. The van der Waals surface area contributed by atoms with Crippen LogP contribution in [0.1, 0.15) is 30.4 Å². The molecule has 8 heteroatoms. The van der Waals surface area contributed by atoms with Crippen LogP contribution < -0.4 is 4.31 Å². The molecule has 7 nitrogen and oxygen atoms in total. The van der Waals surface area contributed by atoms with E-state index in [0.29, 0.717) is 44.8 Å². The molecule has 0 aromatic heterocycles. The summed E-state index contributed by atoms with van der Waals surface area (Å²) in [6.07, 6.45) is 1.39.